The fourth-order valence-corrected chi connectivity index (χ4v) is 8.85. The van der Waals surface area contributed by atoms with Gasteiger partial charge in [-0.25, -0.2) is 14.0 Å². The average Bonchev–Trinajstić information content (AvgIpc) is 3.41. The van der Waals surface area contributed by atoms with Crippen LogP contribution in [0.4, 0.5) is 9.18 Å². The molecule has 3 saturated heterocycles. The molecule has 2 N–H and O–H groups in total. The highest BCUT2D eigenvalue weighted by Gasteiger charge is 2.61. The van der Waals surface area contributed by atoms with Crippen molar-refractivity contribution >= 4 is 23.6 Å². The van der Waals surface area contributed by atoms with E-state index in [4.69, 9.17) is 23.7 Å². The van der Waals surface area contributed by atoms with Crippen LogP contribution >= 0.6 is 0 Å². The van der Waals surface area contributed by atoms with Crippen LogP contribution < -0.4 is 5.32 Å². The van der Waals surface area contributed by atoms with Crippen LogP contribution in [0.5, 0.6) is 0 Å². The molecule has 310 valence electrons. The van der Waals surface area contributed by atoms with Gasteiger partial charge in [0.05, 0.1) is 23.9 Å². The maximum absolute atomic E-state index is 16.8. The van der Waals surface area contributed by atoms with E-state index < -0.39 is 89.2 Å². The Morgan fingerprint density at radius 1 is 1.07 bits per heavy atom. The van der Waals surface area contributed by atoms with Crippen molar-refractivity contribution in [1.82, 2.24) is 20.1 Å². The summed E-state index contributed by atoms with van der Waals surface area (Å²) >= 11 is 0. The second-order valence-electron chi connectivity index (χ2n) is 16.3. The lowest BCUT2D eigenvalue weighted by molar-refractivity contribution is -0.290. The zero-order valence-electron chi connectivity index (χ0n) is 34.4. The predicted molar refractivity (Wildman–Crippen MR) is 200 cm³/mol. The lowest BCUT2D eigenvalue weighted by Gasteiger charge is -2.46. The molecule has 0 saturated carbocycles. The van der Waals surface area contributed by atoms with E-state index in [0.717, 1.165) is 12.5 Å². The minimum atomic E-state index is -3.17. The summed E-state index contributed by atoms with van der Waals surface area (Å²) in [4.78, 5) is 64.1. The van der Waals surface area contributed by atoms with E-state index in [2.05, 4.69) is 10.3 Å². The first-order chi connectivity index (χ1) is 25.7. The summed E-state index contributed by atoms with van der Waals surface area (Å²) in [5.74, 6) is -5.77. The molecular weight excluding hydrogens is 715 g/mol. The molecule has 15 heteroatoms. The van der Waals surface area contributed by atoms with E-state index in [-0.39, 0.29) is 31.3 Å². The van der Waals surface area contributed by atoms with Gasteiger partial charge in [0.2, 0.25) is 0 Å². The highest BCUT2D eigenvalue weighted by atomic mass is 19.1. The molecule has 3 fully saturated rings. The Kier molecular flexibility index (Phi) is 14.6. The quantitative estimate of drug-likeness (QED) is 0.246. The van der Waals surface area contributed by atoms with Gasteiger partial charge in [-0.15, -0.1) is 0 Å². The first kappa shape index (κ1) is 44.6. The highest BCUT2D eigenvalue weighted by molar-refractivity contribution is 6.08. The van der Waals surface area contributed by atoms with Gasteiger partial charge in [-0.05, 0) is 78.2 Å². The number of pyridine rings is 1. The monoisotopic (exact) mass is 778 g/mol. The summed E-state index contributed by atoms with van der Waals surface area (Å²) in [6.45, 7) is 16.2. The van der Waals surface area contributed by atoms with Gasteiger partial charge in [0, 0.05) is 62.9 Å². The second-order valence-corrected chi connectivity index (χ2v) is 16.3. The number of halogens is 1. The molecule has 0 aromatic carbocycles. The van der Waals surface area contributed by atoms with Crippen LogP contribution in [0.25, 0.3) is 0 Å². The molecule has 1 unspecified atom stereocenters. The van der Waals surface area contributed by atoms with Gasteiger partial charge in [0.15, 0.2) is 17.7 Å². The third-order valence-corrected chi connectivity index (χ3v) is 11.9. The van der Waals surface area contributed by atoms with Gasteiger partial charge in [0.1, 0.15) is 18.0 Å². The standard InChI is InChI=1S/C40H63FN4O10/c1-12-29-40(9)32(45(37(50)55-40)19-18-44(10)22-27-14-16-42-17-15-27)25(5)30(46)23(3)21-38(7,51-11)34(26(6)33(48)39(8,41)36(49)53-29)54-35-31(47)28(43-13-2)20-24(4)52-35/h14-17,23-26,28-29,31-32,34-35,43,47H,12-13,18-22H2,1-11H3/t23-,24-,25+,26+,28+,29-,31+,32?,34-,35+,38-,39+,40-/m1/s1. The number of nitrogens with zero attached hydrogens (tertiary/aromatic N) is 3. The number of aliphatic hydroxyl groups is 1. The molecule has 1 aromatic rings. The summed E-state index contributed by atoms with van der Waals surface area (Å²) in [6.07, 6.45) is -1.97. The number of carbonyl (C=O) groups is 4. The lowest BCUT2D eigenvalue weighted by Crippen LogP contribution is -2.62. The summed E-state index contributed by atoms with van der Waals surface area (Å²) < 4.78 is 47.3. The number of rotatable bonds is 11. The molecule has 1 aromatic heterocycles. The van der Waals surface area contributed by atoms with Crippen molar-refractivity contribution in [1.29, 1.82) is 0 Å². The van der Waals surface area contributed by atoms with Crippen molar-refractivity contribution in [3.05, 3.63) is 30.1 Å². The number of hydrogen-bond acceptors (Lipinski definition) is 13. The number of esters is 1. The van der Waals surface area contributed by atoms with Gasteiger partial charge in [-0.3, -0.25) is 19.5 Å². The molecule has 0 bridgehead atoms. The predicted octanol–water partition coefficient (Wildman–Crippen LogP) is 3.86. The Hall–Kier alpha value is -3.08. The topological polar surface area (TPSA) is 166 Å². The zero-order valence-corrected chi connectivity index (χ0v) is 34.4. The van der Waals surface area contributed by atoms with Crippen molar-refractivity contribution in [2.45, 2.75) is 148 Å². The first-order valence-electron chi connectivity index (χ1n) is 19.6. The molecular formula is C40H63FN4O10. The van der Waals surface area contributed by atoms with Crippen molar-refractivity contribution in [3.8, 4) is 0 Å². The Morgan fingerprint density at radius 3 is 2.33 bits per heavy atom. The number of likely N-dealkylation sites (N-methyl/N-ethyl adjacent to an activating group) is 2. The maximum Gasteiger partial charge on any atom is 0.410 e. The Balaban J connectivity index is 1.76. The van der Waals surface area contributed by atoms with E-state index in [9.17, 15) is 24.3 Å². The molecule has 3 aliphatic rings. The number of ketones is 2. The third-order valence-electron chi connectivity index (χ3n) is 11.9. The second kappa shape index (κ2) is 18.0. The Morgan fingerprint density at radius 2 is 1.73 bits per heavy atom. The number of aromatic nitrogens is 1. The number of carbonyl (C=O) groups excluding carboxylic acids is 4. The lowest BCUT2D eigenvalue weighted by atomic mass is 9.73. The van der Waals surface area contributed by atoms with E-state index in [1.165, 1.54) is 18.9 Å². The third kappa shape index (κ3) is 9.39. The molecule has 4 heterocycles. The van der Waals surface area contributed by atoms with Crippen LogP contribution in [0.2, 0.25) is 0 Å². The zero-order chi connectivity index (χ0) is 41.0. The fourth-order valence-electron chi connectivity index (χ4n) is 8.85. The molecule has 55 heavy (non-hydrogen) atoms. The van der Waals surface area contributed by atoms with E-state index in [1.54, 1.807) is 47.0 Å². The molecule has 14 nitrogen and oxygen atoms in total. The average molecular weight is 779 g/mol. The number of amides is 1. The minimum absolute atomic E-state index is 0.00152. The number of methoxy groups -OCH3 is 1. The summed E-state index contributed by atoms with van der Waals surface area (Å²) in [7, 11) is 3.31. The van der Waals surface area contributed by atoms with E-state index >= 15 is 4.39 Å². The molecule has 1 amide bonds. The number of cyclic esters (lactones) is 1. The number of nitrogens with one attached hydrogen (secondary N) is 1. The fraction of sp³-hybridized carbons (Fsp3) is 0.775. The van der Waals surface area contributed by atoms with Crippen LogP contribution in [-0.4, -0.2) is 137 Å². The number of alkyl halides is 1. The van der Waals surface area contributed by atoms with E-state index in [0.29, 0.717) is 26.1 Å². The van der Waals surface area contributed by atoms with Gasteiger partial charge >= 0.3 is 12.1 Å². The van der Waals surface area contributed by atoms with E-state index in [1.807, 2.05) is 37.9 Å². The van der Waals surface area contributed by atoms with Crippen LogP contribution in [0.15, 0.2) is 24.5 Å². The highest BCUT2D eigenvalue weighted by Crippen LogP contribution is 2.43. The Bertz CT molecular complexity index is 1500. The van der Waals surface area contributed by atoms with Crippen molar-refractivity contribution < 1.29 is 52.4 Å². The van der Waals surface area contributed by atoms with Gasteiger partial charge < -0.3 is 39.0 Å². The van der Waals surface area contributed by atoms with Gasteiger partial charge in [0.25, 0.3) is 5.67 Å². The SMILES string of the molecule is CCN[C@H]1C[C@@H](C)O[C@@H](O[C@@H]2[C@@H](C)C(=O)[C@](C)(F)C(=O)O[C@H](CC)[C@@]3(C)OC(=O)N(CCN(C)Cc4ccncc4)C3[C@@H](C)C(=O)[C@H](C)C[C@@]2(C)OC)[C@H]1O. The number of hydrogen-bond donors (Lipinski definition) is 2. The van der Waals surface area contributed by atoms with Crippen LogP contribution in [-0.2, 0) is 44.6 Å². The first-order valence-corrected chi connectivity index (χ1v) is 19.6. The summed E-state index contributed by atoms with van der Waals surface area (Å²) in [6, 6.07) is 2.48. The molecule has 0 radical (unpaired) electrons. The largest absolute Gasteiger partial charge is 0.455 e. The number of fused-ring (bicyclic) bond motifs is 1. The smallest absolute Gasteiger partial charge is 0.410 e. The van der Waals surface area contributed by atoms with Crippen molar-refractivity contribution in [2.24, 2.45) is 17.8 Å². The Labute approximate surface area is 325 Å². The van der Waals surface area contributed by atoms with Crippen LogP contribution in [0, 0.1) is 17.8 Å². The molecule has 0 aliphatic carbocycles. The molecule has 13 atom stereocenters. The maximum atomic E-state index is 16.8. The van der Waals surface area contributed by atoms with Gasteiger partial charge in [-0.2, -0.15) is 0 Å². The summed E-state index contributed by atoms with van der Waals surface area (Å²) in [5.41, 5.74) is -5.18. The van der Waals surface area contributed by atoms with Crippen molar-refractivity contribution in [3.63, 3.8) is 0 Å². The number of ether oxygens (including phenoxy) is 5. The summed E-state index contributed by atoms with van der Waals surface area (Å²) in [5, 5.41) is 14.6. The molecule has 3 aliphatic heterocycles. The number of Topliss-reactive ketones (excluding diaryl/α,β-unsaturated/α-hetero) is 2. The van der Waals surface area contributed by atoms with Crippen molar-refractivity contribution in [2.75, 3.05) is 33.8 Å². The molecule has 4 rings (SSSR count). The minimum Gasteiger partial charge on any atom is -0.455 e. The normalized spacial score (nSPS) is 39.4. The van der Waals surface area contributed by atoms with Gasteiger partial charge in [-0.1, -0.05) is 34.6 Å². The van der Waals surface area contributed by atoms with Crippen LogP contribution in [0.1, 0.15) is 87.1 Å². The molecule has 0 spiro atoms. The number of aliphatic hydroxyl groups excluding tert-OH is 1. The van der Waals surface area contributed by atoms with Crippen LogP contribution in [0.3, 0.4) is 0 Å².